The monoisotopic (exact) mass is 173 g/mol. The Morgan fingerprint density at radius 1 is 1.00 bits per heavy atom. The Balaban J connectivity index is 3.85. The summed E-state index contributed by atoms with van der Waals surface area (Å²) >= 11 is 0. The SMILES string of the molecule is CC(C)C(C)N[C@H](CO)C(C)C. The summed E-state index contributed by atoms with van der Waals surface area (Å²) in [6.45, 7) is 11.0. The first-order valence-corrected chi connectivity index (χ1v) is 4.86. The van der Waals surface area contributed by atoms with Gasteiger partial charge < -0.3 is 10.4 Å². The number of rotatable bonds is 5. The smallest absolute Gasteiger partial charge is 0.0587 e. The van der Waals surface area contributed by atoms with E-state index in [1.165, 1.54) is 0 Å². The first kappa shape index (κ1) is 11.9. The van der Waals surface area contributed by atoms with Gasteiger partial charge in [0, 0.05) is 12.1 Å². The van der Waals surface area contributed by atoms with Gasteiger partial charge in [0.05, 0.1) is 6.61 Å². The molecule has 2 nitrogen and oxygen atoms in total. The van der Waals surface area contributed by atoms with Gasteiger partial charge in [-0.15, -0.1) is 0 Å². The summed E-state index contributed by atoms with van der Waals surface area (Å²) in [6.07, 6.45) is 0. The molecule has 0 amide bonds. The van der Waals surface area contributed by atoms with E-state index in [0.29, 0.717) is 17.9 Å². The first-order chi connectivity index (χ1) is 5.49. The van der Waals surface area contributed by atoms with E-state index >= 15 is 0 Å². The van der Waals surface area contributed by atoms with Gasteiger partial charge in [-0.3, -0.25) is 0 Å². The standard InChI is InChI=1S/C10H23NO/c1-7(2)9(5)11-10(6-12)8(3)4/h7-12H,6H2,1-5H3/t9?,10-/m1/s1. The van der Waals surface area contributed by atoms with Crippen LogP contribution in [0, 0.1) is 11.8 Å². The van der Waals surface area contributed by atoms with Gasteiger partial charge in [0.2, 0.25) is 0 Å². The van der Waals surface area contributed by atoms with Gasteiger partial charge in [-0.1, -0.05) is 27.7 Å². The number of aliphatic hydroxyl groups excluding tert-OH is 1. The molecule has 1 unspecified atom stereocenters. The Labute approximate surface area is 76.4 Å². The average Bonchev–Trinajstić information content (AvgIpc) is 1.98. The van der Waals surface area contributed by atoms with Crippen LogP contribution in [0.1, 0.15) is 34.6 Å². The highest BCUT2D eigenvalue weighted by molar-refractivity contribution is 4.74. The van der Waals surface area contributed by atoms with Crippen molar-refractivity contribution in [3.05, 3.63) is 0 Å². The number of hydrogen-bond acceptors (Lipinski definition) is 2. The van der Waals surface area contributed by atoms with Crippen LogP contribution in [-0.4, -0.2) is 23.8 Å². The van der Waals surface area contributed by atoms with E-state index in [2.05, 4.69) is 39.9 Å². The van der Waals surface area contributed by atoms with Crippen LogP contribution in [0.5, 0.6) is 0 Å². The van der Waals surface area contributed by atoms with Crippen molar-refractivity contribution in [1.82, 2.24) is 5.32 Å². The molecule has 0 radical (unpaired) electrons. The minimum Gasteiger partial charge on any atom is -0.395 e. The van der Waals surface area contributed by atoms with E-state index in [0.717, 1.165) is 0 Å². The lowest BCUT2D eigenvalue weighted by atomic mass is 10.0. The summed E-state index contributed by atoms with van der Waals surface area (Å²) in [5, 5.41) is 12.5. The van der Waals surface area contributed by atoms with E-state index < -0.39 is 0 Å². The second-order valence-corrected chi connectivity index (χ2v) is 4.23. The van der Waals surface area contributed by atoms with Crippen molar-refractivity contribution in [2.75, 3.05) is 6.61 Å². The van der Waals surface area contributed by atoms with E-state index in [1.807, 2.05) is 0 Å². The molecule has 0 aromatic carbocycles. The largest absolute Gasteiger partial charge is 0.395 e. The maximum absolute atomic E-state index is 9.06. The fraction of sp³-hybridized carbons (Fsp3) is 1.00. The maximum Gasteiger partial charge on any atom is 0.0587 e. The Morgan fingerprint density at radius 3 is 1.75 bits per heavy atom. The molecule has 0 spiro atoms. The molecule has 0 aliphatic carbocycles. The summed E-state index contributed by atoms with van der Waals surface area (Å²) < 4.78 is 0. The lowest BCUT2D eigenvalue weighted by Gasteiger charge is -2.26. The fourth-order valence-corrected chi connectivity index (χ4v) is 0.986. The molecule has 0 bridgehead atoms. The second kappa shape index (κ2) is 5.55. The van der Waals surface area contributed by atoms with Crippen molar-refractivity contribution in [1.29, 1.82) is 0 Å². The van der Waals surface area contributed by atoms with Crippen LogP contribution in [-0.2, 0) is 0 Å². The summed E-state index contributed by atoms with van der Waals surface area (Å²) in [6, 6.07) is 0.715. The van der Waals surface area contributed by atoms with Gasteiger partial charge in [-0.05, 0) is 18.8 Å². The quantitative estimate of drug-likeness (QED) is 0.662. The van der Waals surface area contributed by atoms with Crippen molar-refractivity contribution in [3.63, 3.8) is 0 Å². The van der Waals surface area contributed by atoms with Crippen LogP contribution >= 0.6 is 0 Å². The second-order valence-electron chi connectivity index (χ2n) is 4.23. The van der Waals surface area contributed by atoms with Crippen molar-refractivity contribution in [2.45, 2.75) is 46.7 Å². The van der Waals surface area contributed by atoms with Crippen molar-refractivity contribution < 1.29 is 5.11 Å². The van der Waals surface area contributed by atoms with Crippen molar-refractivity contribution in [2.24, 2.45) is 11.8 Å². The highest BCUT2D eigenvalue weighted by Gasteiger charge is 2.16. The molecule has 0 saturated heterocycles. The zero-order valence-corrected chi connectivity index (χ0v) is 8.96. The Bertz CT molecular complexity index is 112. The summed E-state index contributed by atoms with van der Waals surface area (Å²) in [7, 11) is 0. The molecule has 12 heavy (non-hydrogen) atoms. The molecule has 0 aliphatic rings. The van der Waals surface area contributed by atoms with Crippen LogP contribution in [0.15, 0.2) is 0 Å². The molecule has 2 heteroatoms. The molecular weight excluding hydrogens is 150 g/mol. The number of nitrogens with one attached hydrogen (secondary N) is 1. The van der Waals surface area contributed by atoms with Gasteiger partial charge in [0.15, 0.2) is 0 Å². The van der Waals surface area contributed by atoms with Crippen LogP contribution in [0.3, 0.4) is 0 Å². The highest BCUT2D eigenvalue weighted by atomic mass is 16.3. The summed E-state index contributed by atoms with van der Waals surface area (Å²) in [4.78, 5) is 0. The Hall–Kier alpha value is -0.0800. The van der Waals surface area contributed by atoms with E-state index in [4.69, 9.17) is 5.11 Å². The molecule has 0 saturated carbocycles. The maximum atomic E-state index is 9.06. The van der Waals surface area contributed by atoms with E-state index in [9.17, 15) is 0 Å². The topological polar surface area (TPSA) is 32.3 Å². The molecule has 0 rings (SSSR count). The van der Waals surface area contributed by atoms with Gasteiger partial charge >= 0.3 is 0 Å². The predicted molar refractivity (Wildman–Crippen MR) is 53.1 cm³/mol. The Kier molecular flexibility index (Phi) is 5.51. The molecule has 2 N–H and O–H groups in total. The summed E-state index contributed by atoms with van der Waals surface area (Å²) in [5.41, 5.74) is 0. The molecule has 0 heterocycles. The molecule has 0 aromatic heterocycles. The van der Waals surface area contributed by atoms with Crippen LogP contribution in [0.25, 0.3) is 0 Å². The van der Waals surface area contributed by atoms with Gasteiger partial charge in [0.1, 0.15) is 0 Å². The van der Waals surface area contributed by atoms with Crippen LogP contribution in [0.4, 0.5) is 0 Å². The lowest BCUT2D eigenvalue weighted by Crippen LogP contribution is -2.44. The van der Waals surface area contributed by atoms with Gasteiger partial charge in [-0.25, -0.2) is 0 Å². The number of hydrogen-bond donors (Lipinski definition) is 2. The van der Waals surface area contributed by atoms with Gasteiger partial charge in [-0.2, -0.15) is 0 Å². The van der Waals surface area contributed by atoms with E-state index in [1.54, 1.807) is 0 Å². The third kappa shape index (κ3) is 4.07. The normalized spacial score (nSPS) is 17.0. The summed E-state index contributed by atoms with van der Waals surface area (Å²) in [5.74, 6) is 1.12. The molecular formula is C10H23NO. The zero-order chi connectivity index (χ0) is 9.72. The average molecular weight is 173 g/mol. The molecule has 2 atom stereocenters. The van der Waals surface area contributed by atoms with Crippen molar-refractivity contribution in [3.8, 4) is 0 Å². The third-order valence-electron chi connectivity index (χ3n) is 2.48. The fourth-order valence-electron chi connectivity index (χ4n) is 0.986. The van der Waals surface area contributed by atoms with Crippen molar-refractivity contribution >= 4 is 0 Å². The molecule has 0 aromatic rings. The zero-order valence-electron chi connectivity index (χ0n) is 8.96. The van der Waals surface area contributed by atoms with Gasteiger partial charge in [0.25, 0.3) is 0 Å². The molecule has 74 valence electrons. The minimum absolute atomic E-state index is 0.231. The minimum atomic E-state index is 0.231. The van der Waals surface area contributed by atoms with Crippen LogP contribution < -0.4 is 5.32 Å². The Morgan fingerprint density at radius 2 is 1.50 bits per heavy atom. The number of aliphatic hydroxyl groups is 1. The lowest BCUT2D eigenvalue weighted by molar-refractivity contribution is 0.192. The predicted octanol–water partition coefficient (Wildman–Crippen LogP) is 1.64. The first-order valence-electron chi connectivity index (χ1n) is 4.86. The highest BCUT2D eigenvalue weighted by Crippen LogP contribution is 2.06. The molecule has 0 fully saturated rings. The molecule has 0 aliphatic heterocycles. The van der Waals surface area contributed by atoms with E-state index in [-0.39, 0.29) is 12.6 Å². The van der Waals surface area contributed by atoms with Crippen LogP contribution in [0.2, 0.25) is 0 Å². The third-order valence-corrected chi connectivity index (χ3v) is 2.48.